The first-order valence-corrected chi connectivity index (χ1v) is 5.45. The Morgan fingerprint density at radius 1 is 1.47 bits per heavy atom. The number of carbonyl (C=O) groups excluding carboxylic acids is 1. The number of hydrogen-bond donors (Lipinski definition) is 0. The van der Waals surface area contributed by atoms with Crippen molar-refractivity contribution in [2.24, 2.45) is 0 Å². The van der Waals surface area contributed by atoms with Gasteiger partial charge in [-0.05, 0) is 18.6 Å². The van der Waals surface area contributed by atoms with Crippen molar-refractivity contribution < 1.29 is 13.6 Å². The molecular weight excluding hydrogens is 289 g/mol. The minimum atomic E-state index is -2.55. The third kappa shape index (κ3) is 2.98. The molecule has 0 radical (unpaired) electrons. The lowest BCUT2D eigenvalue weighted by Crippen LogP contribution is -2.02. The van der Waals surface area contributed by atoms with E-state index in [0.717, 1.165) is 0 Å². The van der Waals surface area contributed by atoms with Crippen LogP contribution >= 0.6 is 27.5 Å². The van der Waals surface area contributed by atoms with Crippen molar-refractivity contribution in [2.75, 3.05) is 0 Å². The van der Waals surface area contributed by atoms with Gasteiger partial charge in [0, 0.05) is 10.6 Å². The standard InChI is InChI=1S/C10H8BrClF2O/c1-5(15)9(11)7-3-2-6(10(13)14)4-8(7)12/h2-4,9-10H,1H3. The molecule has 0 aliphatic rings. The lowest BCUT2D eigenvalue weighted by atomic mass is 10.1. The summed E-state index contributed by atoms with van der Waals surface area (Å²) in [4.78, 5) is 10.5. The van der Waals surface area contributed by atoms with Crippen LogP contribution in [0.5, 0.6) is 0 Å². The molecule has 1 aromatic carbocycles. The van der Waals surface area contributed by atoms with Crippen LogP contribution < -0.4 is 0 Å². The van der Waals surface area contributed by atoms with Crippen LogP contribution in [0.2, 0.25) is 5.02 Å². The summed E-state index contributed by atoms with van der Waals surface area (Å²) < 4.78 is 24.6. The van der Waals surface area contributed by atoms with Crippen molar-refractivity contribution in [1.29, 1.82) is 0 Å². The molecule has 1 rings (SSSR count). The van der Waals surface area contributed by atoms with Crippen molar-refractivity contribution in [2.45, 2.75) is 18.2 Å². The second kappa shape index (κ2) is 5.03. The van der Waals surface area contributed by atoms with Gasteiger partial charge >= 0.3 is 0 Å². The van der Waals surface area contributed by atoms with Gasteiger partial charge in [-0.3, -0.25) is 4.79 Å². The van der Waals surface area contributed by atoms with Crippen molar-refractivity contribution in [1.82, 2.24) is 0 Å². The van der Waals surface area contributed by atoms with E-state index in [-0.39, 0.29) is 16.4 Å². The van der Waals surface area contributed by atoms with E-state index in [4.69, 9.17) is 11.6 Å². The van der Waals surface area contributed by atoms with Gasteiger partial charge in [0.15, 0.2) is 0 Å². The Morgan fingerprint density at radius 2 is 2.07 bits per heavy atom. The number of ketones is 1. The summed E-state index contributed by atoms with van der Waals surface area (Å²) in [7, 11) is 0. The number of carbonyl (C=O) groups is 1. The van der Waals surface area contributed by atoms with Crippen molar-refractivity contribution in [3.63, 3.8) is 0 Å². The maximum atomic E-state index is 12.3. The average Bonchev–Trinajstić information content (AvgIpc) is 2.16. The van der Waals surface area contributed by atoms with Gasteiger partial charge in [0.25, 0.3) is 6.43 Å². The Hall–Kier alpha value is -0.480. The summed E-state index contributed by atoms with van der Waals surface area (Å²) in [5.41, 5.74) is 0.362. The van der Waals surface area contributed by atoms with Crippen molar-refractivity contribution in [3.8, 4) is 0 Å². The molecule has 0 amide bonds. The van der Waals surface area contributed by atoms with Gasteiger partial charge < -0.3 is 0 Å². The molecule has 0 aliphatic heterocycles. The predicted octanol–water partition coefficient (Wildman–Crippen LogP) is 4.30. The SMILES string of the molecule is CC(=O)C(Br)c1ccc(C(F)F)cc1Cl. The van der Waals surface area contributed by atoms with Crippen LogP contribution in [0.1, 0.15) is 29.3 Å². The quantitative estimate of drug-likeness (QED) is 0.760. The van der Waals surface area contributed by atoms with Gasteiger partial charge in [-0.2, -0.15) is 0 Å². The topological polar surface area (TPSA) is 17.1 Å². The lowest BCUT2D eigenvalue weighted by Gasteiger charge is -2.10. The van der Waals surface area contributed by atoms with E-state index in [0.29, 0.717) is 5.56 Å². The highest BCUT2D eigenvalue weighted by Gasteiger charge is 2.17. The zero-order valence-electron chi connectivity index (χ0n) is 7.81. The molecule has 0 aliphatic carbocycles. The fourth-order valence-electron chi connectivity index (χ4n) is 1.10. The van der Waals surface area contributed by atoms with Gasteiger partial charge in [0.2, 0.25) is 0 Å². The average molecular weight is 298 g/mol. The fraction of sp³-hybridized carbons (Fsp3) is 0.300. The molecule has 0 saturated heterocycles. The summed E-state index contributed by atoms with van der Waals surface area (Å²) in [6.45, 7) is 1.40. The van der Waals surface area contributed by atoms with Gasteiger partial charge in [-0.1, -0.05) is 39.7 Å². The lowest BCUT2D eigenvalue weighted by molar-refractivity contribution is -0.116. The maximum Gasteiger partial charge on any atom is 0.263 e. The third-order valence-electron chi connectivity index (χ3n) is 1.91. The molecule has 0 heterocycles. The monoisotopic (exact) mass is 296 g/mol. The molecule has 1 nitrogen and oxygen atoms in total. The summed E-state index contributed by atoms with van der Waals surface area (Å²) in [5, 5.41) is 0.171. The third-order valence-corrected chi connectivity index (χ3v) is 3.37. The zero-order valence-corrected chi connectivity index (χ0v) is 10.1. The molecular formula is C10H8BrClF2O. The number of hydrogen-bond acceptors (Lipinski definition) is 1. The molecule has 15 heavy (non-hydrogen) atoms. The largest absolute Gasteiger partial charge is 0.298 e. The zero-order chi connectivity index (χ0) is 11.6. The highest BCUT2D eigenvalue weighted by molar-refractivity contribution is 9.09. The van der Waals surface area contributed by atoms with E-state index >= 15 is 0 Å². The van der Waals surface area contributed by atoms with E-state index < -0.39 is 11.3 Å². The van der Waals surface area contributed by atoms with Gasteiger partial charge in [-0.25, -0.2) is 8.78 Å². The molecule has 0 spiro atoms. The molecule has 0 aromatic heterocycles. The highest BCUT2D eigenvalue weighted by atomic mass is 79.9. The second-order valence-electron chi connectivity index (χ2n) is 3.05. The van der Waals surface area contributed by atoms with Crippen LogP contribution in [-0.2, 0) is 4.79 Å². The van der Waals surface area contributed by atoms with Crippen LogP contribution in [0.3, 0.4) is 0 Å². The van der Waals surface area contributed by atoms with Crippen LogP contribution in [0.25, 0.3) is 0 Å². The van der Waals surface area contributed by atoms with E-state index in [2.05, 4.69) is 15.9 Å². The van der Waals surface area contributed by atoms with Gasteiger partial charge in [-0.15, -0.1) is 0 Å². The normalized spacial score (nSPS) is 12.9. The Labute approximate surface area is 99.6 Å². The number of alkyl halides is 3. The van der Waals surface area contributed by atoms with E-state index in [9.17, 15) is 13.6 Å². The summed E-state index contributed by atoms with van der Waals surface area (Å²) >= 11 is 8.94. The Morgan fingerprint density at radius 3 is 2.47 bits per heavy atom. The molecule has 1 aromatic rings. The Bertz CT molecular complexity index is 382. The Kier molecular flexibility index (Phi) is 4.22. The van der Waals surface area contributed by atoms with E-state index in [1.54, 1.807) is 0 Å². The molecule has 0 saturated carbocycles. The minimum absolute atomic E-state index is 0.123. The molecule has 1 atom stereocenters. The molecule has 82 valence electrons. The smallest absolute Gasteiger partial charge is 0.263 e. The fourth-order valence-corrected chi connectivity index (χ4v) is 1.93. The molecule has 5 heteroatoms. The molecule has 0 N–H and O–H groups in total. The predicted molar refractivity (Wildman–Crippen MR) is 58.8 cm³/mol. The van der Waals surface area contributed by atoms with Crippen molar-refractivity contribution in [3.05, 3.63) is 34.3 Å². The number of rotatable bonds is 3. The Balaban J connectivity index is 3.08. The first kappa shape index (κ1) is 12.6. The number of Topliss-reactive ketones (excluding diaryl/α,β-unsaturated/α-hetero) is 1. The maximum absolute atomic E-state index is 12.3. The first-order chi connectivity index (χ1) is 6.93. The van der Waals surface area contributed by atoms with E-state index in [1.165, 1.54) is 25.1 Å². The molecule has 1 unspecified atom stereocenters. The van der Waals surface area contributed by atoms with E-state index in [1.807, 2.05) is 0 Å². The summed E-state index contributed by atoms with van der Waals surface area (Å²) in [5.74, 6) is -0.123. The molecule has 0 fully saturated rings. The summed E-state index contributed by atoms with van der Waals surface area (Å²) in [6.07, 6.45) is -2.55. The minimum Gasteiger partial charge on any atom is -0.298 e. The second-order valence-corrected chi connectivity index (χ2v) is 4.38. The van der Waals surface area contributed by atoms with Crippen molar-refractivity contribution >= 4 is 33.3 Å². The highest BCUT2D eigenvalue weighted by Crippen LogP contribution is 2.32. The summed E-state index contributed by atoms with van der Waals surface area (Å²) in [6, 6.07) is 3.88. The van der Waals surface area contributed by atoms with Crippen LogP contribution in [0, 0.1) is 0 Å². The van der Waals surface area contributed by atoms with Crippen LogP contribution in [-0.4, -0.2) is 5.78 Å². The van der Waals surface area contributed by atoms with Crippen LogP contribution in [0.4, 0.5) is 8.78 Å². The van der Waals surface area contributed by atoms with Crippen LogP contribution in [0.15, 0.2) is 18.2 Å². The number of halogens is 4. The van der Waals surface area contributed by atoms with Gasteiger partial charge in [0.05, 0.1) is 4.83 Å². The first-order valence-electron chi connectivity index (χ1n) is 4.15. The number of benzene rings is 1. The molecule has 0 bridgehead atoms. The van der Waals surface area contributed by atoms with Gasteiger partial charge in [0.1, 0.15) is 5.78 Å².